The maximum absolute atomic E-state index is 13.3. The number of hydrogen-bond acceptors (Lipinski definition) is 6. The average molecular weight is 435 g/mol. The van der Waals surface area contributed by atoms with Crippen molar-refractivity contribution in [1.82, 2.24) is 15.3 Å². The highest BCUT2D eigenvalue weighted by Crippen LogP contribution is 2.41. The topological polar surface area (TPSA) is 111 Å². The van der Waals surface area contributed by atoms with Gasteiger partial charge in [-0.2, -0.15) is 23.8 Å². The Morgan fingerprint density at radius 2 is 1.96 bits per heavy atom. The number of alkyl halides is 5. The predicted molar refractivity (Wildman–Crippen MR) is 83.6 cm³/mol. The van der Waals surface area contributed by atoms with E-state index >= 15 is 0 Å². The van der Waals surface area contributed by atoms with Crippen LogP contribution in [-0.4, -0.2) is 40.8 Å². The SMILES string of the molecule is Cn1nc(C(F)(F)F)c(CS(=O)(=O)C2(C(=O)O)CC(C)(C)CON2)c1C(F)F. The molecule has 0 saturated carbocycles. The molecule has 0 bridgehead atoms. The van der Waals surface area contributed by atoms with Crippen LogP contribution in [0.4, 0.5) is 22.0 Å². The average Bonchev–Trinajstić information content (AvgIpc) is 2.81. The number of hydroxylamine groups is 1. The van der Waals surface area contributed by atoms with Gasteiger partial charge in [-0.05, 0) is 5.41 Å². The fourth-order valence-corrected chi connectivity index (χ4v) is 5.05. The van der Waals surface area contributed by atoms with Crippen LogP contribution in [0, 0.1) is 5.41 Å². The second kappa shape index (κ2) is 6.91. The molecule has 1 aromatic heterocycles. The first-order valence-electron chi connectivity index (χ1n) is 7.80. The second-order valence-electron chi connectivity index (χ2n) is 7.26. The molecule has 14 heteroatoms. The molecule has 2 rings (SSSR count). The lowest BCUT2D eigenvalue weighted by atomic mass is 9.85. The van der Waals surface area contributed by atoms with Gasteiger partial charge in [0.05, 0.1) is 12.4 Å². The summed E-state index contributed by atoms with van der Waals surface area (Å²) < 4.78 is 92.3. The number of aromatic nitrogens is 2. The Hall–Kier alpha value is -1.80. The van der Waals surface area contributed by atoms with Crippen molar-refractivity contribution in [2.75, 3.05) is 6.61 Å². The zero-order valence-electron chi connectivity index (χ0n) is 15.0. The molecule has 1 saturated heterocycles. The standard InChI is InChI=1S/C14H18F5N3O5S/c1-12(2)5-13(11(23)24,21-27-6-12)28(25,26)4-7-8(10(15)16)22(3)20-9(7)14(17,18)19/h10,21H,4-6H2,1-3H3,(H,23,24). The van der Waals surface area contributed by atoms with E-state index in [1.807, 2.05) is 5.48 Å². The lowest BCUT2D eigenvalue weighted by Crippen LogP contribution is -2.63. The number of nitrogens with one attached hydrogen (secondary N) is 1. The van der Waals surface area contributed by atoms with Gasteiger partial charge in [-0.3, -0.25) is 9.52 Å². The summed E-state index contributed by atoms with van der Waals surface area (Å²) in [6.07, 6.45) is -9.24. The predicted octanol–water partition coefficient (Wildman–Crippen LogP) is 2.02. The Morgan fingerprint density at radius 3 is 2.39 bits per heavy atom. The van der Waals surface area contributed by atoms with Gasteiger partial charge in [0.15, 0.2) is 15.5 Å². The zero-order chi connectivity index (χ0) is 21.7. The van der Waals surface area contributed by atoms with Crippen LogP contribution in [-0.2, 0) is 38.4 Å². The van der Waals surface area contributed by atoms with Crippen LogP contribution in [0.15, 0.2) is 0 Å². The normalized spacial score (nSPS) is 23.2. The molecule has 1 aliphatic heterocycles. The summed E-state index contributed by atoms with van der Waals surface area (Å²) in [5, 5.41) is 12.5. The molecule has 28 heavy (non-hydrogen) atoms. The first-order chi connectivity index (χ1) is 12.5. The largest absolute Gasteiger partial charge is 0.479 e. The van der Waals surface area contributed by atoms with Crippen molar-refractivity contribution in [2.45, 2.75) is 43.5 Å². The summed E-state index contributed by atoms with van der Waals surface area (Å²) in [5.74, 6) is -3.54. The van der Waals surface area contributed by atoms with Crippen LogP contribution in [0.2, 0.25) is 0 Å². The third-order valence-electron chi connectivity index (χ3n) is 4.31. The summed E-state index contributed by atoms with van der Waals surface area (Å²) in [6.45, 7) is 2.92. The first kappa shape index (κ1) is 22.5. The summed E-state index contributed by atoms with van der Waals surface area (Å²) >= 11 is 0. The number of aryl methyl sites for hydroxylation is 1. The van der Waals surface area contributed by atoms with E-state index in [0.717, 1.165) is 7.05 Å². The molecule has 1 aromatic rings. The maximum atomic E-state index is 13.3. The van der Waals surface area contributed by atoms with E-state index in [0.29, 0.717) is 0 Å². The third kappa shape index (κ3) is 3.85. The third-order valence-corrected chi connectivity index (χ3v) is 6.44. The minimum absolute atomic E-state index is 0.0689. The van der Waals surface area contributed by atoms with Crippen LogP contribution in [0.25, 0.3) is 0 Å². The Balaban J connectivity index is 2.64. The fraction of sp³-hybridized carbons (Fsp3) is 0.714. The van der Waals surface area contributed by atoms with Gasteiger partial charge in [-0.1, -0.05) is 13.8 Å². The van der Waals surface area contributed by atoms with Gasteiger partial charge in [-0.15, -0.1) is 0 Å². The van der Waals surface area contributed by atoms with E-state index < -0.39 is 67.8 Å². The van der Waals surface area contributed by atoms with Gasteiger partial charge >= 0.3 is 12.1 Å². The molecule has 0 radical (unpaired) electrons. The highest BCUT2D eigenvalue weighted by molar-refractivity contribution is 7.92. The van der Waals surface area contributed by atoms with E-state index in [1.165, 1.54) is 13.8 Å². The first-order valence-corrected chi connectivity index (χ1v) is 9.45. The van der Waals surface area contributed by atoms with Gasteiger partial charge in [-0.25, -0.2) is 22.0 Å². The van der Waals surface area contributed by atoms with Crippen LogP contribution in [0.3, 0.4) is 0 Å². The molecular weight excluding hydrogens is 417 g/mol. The van der Waals surface area contributed by atoms with Gasteiger partial charge < -0.3 is 5.11 Å². The summed E-state index contributed by atoms with van der Waals surface area (Å²) in [7, 11) is -4.21. The van der Waals surface area contributed by atoms with E-state index in [9.17, 15) is 40.3 Å². The van der Waals surface area contributed by atoms with Crippen LogP contribution in [0.1, 0.15) is 43.6 Å². The molecular formula is C14H18F5N3O5S. The van der Waals surface area contributed by atoms with Crippen LogP contribution in [0.5, 0.6) is 0 Å². The van der Waals surface area contributed by atoms with Crippen molar-refractivity contribution in [2.24, 2.45) is 12.5 Å². The number of carboxylic acid groups (broad SMARTS) is 1. The van der Waals surface area contributed by atoms with Crippen LogP contribution < -0.4 is 5.48 Å². The van der Waals surface area contributed by atoms with Crippen LogP contribution >= 0.6 is 0 Å². The maximum Gasteiger partial charge on any atom is 0.435 e. The molecule has 1 fully saturated rings. The molecule has 0 spiro atoms. The smallest absolute Gasteiger partial charge is 0.435 e. The molecule has 8 nitrogen and oxygen atoms in total. The Labute approximate surface area is 156 Å². The molecule has 0 amide bonds. The van der Waals surface area contributed by atoms with Crippen molar-refractivity contribution < 1.29 is 45.1 Å². The fourth-order valence-electron chi connectivity index (χ4n) is 3.07. The number of hydrogen-bond donors (Lipinski definition) is 2. The van der Waals surface area contributed by atoms with Crippen molar-refractivity contribution >= 4 is 15.8 Å². The number of sulfone groups is 1. The molecule has 2 heterocycles. The van der Waals surface area contributed by atoms with Gasteiger partial charge in [0.2, 0.25) is 4.87 Å². The van der Waals surface area contributed by atoms with Gasteiger partial charge in [0.25, 0.3) is 6.43 Å². The summed E-state index contributed by atoms with van der Waals surface area (Å²) in [5.41, 5.74) is -3.46. The highest BCUT2D eigenvalue weighted by atomic mass is 32.2. The van der Waals surface area contributed by atoms with E-state index in [-0.39, 0.29) is 11.3 Å². The van der Waals surface area contributed by atoms with E-state index in [2.05, 4.69) is 5.10 Å². The Kier molecular flexibility index (Phi) is 5.55. The number of nitrogens with zero attached hydrogens (tertiary/aromatic N) is 2. The monoisotopic (exact) mass is 435 g/mol. The minimum atomic E-state index is -5.22. The second-order valence-corrected chi connectivity index (χ2v) is 9.47. The quantitative estimate of drug-likeness (QED) is 0.681. The van der Waals surface area contributed by atoms with Gasteiger partial charge in [0, 0.05) is 19.0 Å². The number of aliphatic carboxylic acids is 1. The number of halogens is 5. The minimum Gasteiger partial charge on any atom is -0.479 e. The van der Waals surface area contributed by atoms with Crippen molar-refractivity contribution in [3.8, 4) is 0 Å². The molecule has 0 aromatic carbocycles. The molecule has 1 atom stereocenters. The molecule has 160 valence electrons. The van der Waals surface area contributed by atoms with E-state index in [1.54, 1.807) is 0 Å². The summed E-state index contributed by atoms with van der Waals surface area (Å²) in [4.78, 5) is 13.8. The number of carboxylic acids is 1. The Morgan fingerprint density at radius 1 is 1.39 bits per heavy atom. The molecule has 2 N–H and O–H groups in total. The molecule has 1 aliphatic rings. The zero-order valence-corrected chi connectivity index (χ0v) is 15.8. The van der Waals surface area contributed by atoms with Gasteiger partial charge in [0.1, 0.15) is 5.69 Å². The summed E-state index contributed by atoms with van der Waals surface area (Å²) in [6, 6.07) is 0. The van der Waals surface area contributed by atoms with Crippen molar-refractivity contribution in [3.05, 3.63) is 17.0 Å². The lowest BCUT2D eigenvalue weighted by Gasteiger charge is -2.41. The number of carbonyl (C=O) groups is 1. The highest BCUT2D eigenvalue weighted by Gasteiger charge is 2.57. The Bertz CT molecular complexity index is 881. The molecule has 1 unspecified atom stereocenters. The number of rotatable bonds is 5. The van der Waals surface area contributed by atoms with Crippen molar-refractivity contribution in [1.29, 1.82) is 0 Å². The molecule has 0 aliphatic carbocycles. The van der Waals surface area contributed by atoms with E-state index in [4.69, 9.17) is 4.84 Å². The lowest BCUT2D eigenvalue weighted by molar-refractivity contribution is -0.159. The van der Waals surface area contributed by atoms with Crippen molar-refractivity contribution in [3.63, 3.8) is 0 Å².